The fraction of sp³-hybridized carbons (Fsp3) is 0.400. The molecule has 0 aliphatic rings. The first-order chi connectivity index (χ1) is 6.83. The molecule has 0 unspecified atom stereocenters. The number of azide groups is 1. The van der Waals surface area contributed by atoms with Gasteiger partial charge in [-0.15, -0.1) is 0 Å². The standard InChI is InChI=1S/C10H13N3O/c1-9-3-5-10(6-4-9)14-8-2-7-12-13-11/h3-6H,2,7-8H2,1H3. The van der Waals surface area contributed by atoms with E-state index in [1.807, 2.05) is 31.2 Å². The molecule has 0 aliphatic carbocycles. The molecule has 1 aromatic carbocycles. The second-order valence-corrected chi connectivity index (χ2v) is 2.97. The molecule has 0 amide bonds. The van der Waals surface area contributed by atoms with Crippen molar-refractivity contribution in [2.24, 2.45) is 5.11 Å². The molecule has 0 aromatic heterocycles. The summed E-state index contributed by atoms with van der Waals surface area (Å²) in [6.45, 7) is 3.11. The largest absolute Gasteiger partial charge is 0.494 e. The van der Waals surface area contributed by atoms with Crippen molar-refractivity contribution in [3.8, 4) is 5.75 Å². The lowest BCUT2D eigenvalue weighted by Gasteiger charge is -2.04. The SMILES string of the molecule is Cc1ccc(OCCCN=[N+]=[N-])cc1. The number of aryl methyl sites for hydroxylation is 1. The third-order valence-electron chi connectivity index (χ3n) is 1.76. The number of hydrogen-bond donors (Lipinski definition) is 0. The molecule has 0 aliphatic heterocycles. The highest BCUT2D eigenvalue weighted by molar-refractivity contribution is 5.26. The maximum Gasteiger partial charge on any atom is 0.119 e. The van der Waals surface area contributed by atoms with Crippen LogP contribution in [0.2, 0.25) is 0 Å². The van der Waals surface area contributed by atoms with Crippen LogP contribution in [0.3, 0.4) is 0 Å². The van der Waals surface area contributed by atoms with Gasteiger partial charge in [0.1, 0.15) is 5.75 Å². The Kier molecular flexibility index (Phi) is 4.38. The summed E-state index contributed by atoms with van der Waals surface area (Å²) in [7, 11) is 0. The minimum Gasteiger partial charge on any atom is -0.494 e. The first kappa shape index (κ1) is 10.4. The molecule has 0 bridgehead atoms. The first-order valence-electron chi connectivity index (χ1n) is 4.53. The second kappa shape index (κ2) is 5.89. The minimum atomic E-state index is 0.488. The lowest BCUT2D eigenvalue weighted by molar-refractivity contribution is 0.313. The van der Waals surface area contributed by atoms with E-state index in [-0.39, 0.29) is 0 Å². The van der Waals surface area contributed by atoms with E-state index < -0.39 is 0 Å². The van der Waals surface area contributed by atoms with Gasteiger partial charge in [0.15, 0.2) is 0 Å². The fourth-order valence-electron chi connectivity index (χ4n) is 1.00. The third kappa shape index (κ3) is 3.83. The fourth-order valence-corrected chi connectivity index (χ4v) is 1.00. The van der Waals surface area contributed by atoms with Gasteiger partial charge in [-0.1, -0.05) is 22.8 Å². The molecular weight excluding hydrogens is 178 g/mol. The zero-order chi connectivity index (χ0) is 10.2. The summed E-state index contributed by atoms with van der Waals surface area (Å²) in [5.74, 6) is 0.858. The molecule has 14 heavy (non-hydrogen) atoms. The Balaban J connectivity index is 2.24. The van der Waals surface area contributed by atoms with E-state index in [4.69, 9.17) is 10.3 Å². The van der Waals surface area contributed by atoms with Crippen LogP contribution in [-0.2, 0) is 0 Å². The lowest BCUT2D eigenvalue weighted by Crippen LogP contribution is -1.98. The van der Waals surface area contributed by atoms with Crippen LogP contribution in [0.5, 0.6) is 5.75 Å². The van der Waals surface area contributed by atoms with Crippen LogP contribution in [0.25, 0.3) is 10.4 Å². The Hall–Kier alpha value is -1.67. The summed E-state index contributed by atoms with van der Waals surface area (Å²) < 4.78 is 5.42. The molecular formula is C10H13N3O. The number of hydrogen-bond acceptors (Lipinski definition) is 2. The summed E-state index contributed by atoms with van der Waals surface area (Å²) in [5, 5.41) is 3.42. The third-order valence-corrected chi connectivity index (χ3v) is 1.76. The summed E-state index contributed by atoms with van der Waals surface area (Å²) >= 11 is 0. The van der Waals surface area contributed by atoms with E-state index >= 15 is 0 Å². The average molecular weight is 191 g/mol. The molecule has 0 spiro atoms. The predicted molar refractivity (Wildman–Crippen MR) is 55.3 cm³/mol. The average Bonchev–Trinajstić information content (AvgIpc) is 2.21. The van der Waals surface area contributed by atoms with Crippen molar-refractivity contribution >= 4 is 0 Å². The molecule has 0 fully saturated rings. The highest BCUT2D eigenvalue weighted by Gasteiger charge is 1.91. The minimum absolute atomic E-state index is 0.488. The van der Waals surface area contributed by atoms with Crippen LogP contribution in [0.4, 0.5) is 0 Å². The van der Waals surface area contributed by atoms with Crippen LogP contribution in [-0.4, -0.2) is 13.2 Å². The molecule has 0 saturated carbocycles. The Bertz CT molecular complexity index is 315. The molecule has 0 N–H and O–H groups in total. The van der Waals surface area contributed by atoms with E-state index in [9.17, 15) is 0 Å². The quantitative estimate of drug-likeness (QED) is 0.305. The number of benzene rings is 1. The van der Waals surface area contributed by atoms with Crippen LogP contribution < -0.4 is 4.74 Å². The van der Waals surface area contributed by atoms with Crippen molar-refractivity contribution in [3.05, 3.63) is 40.3 Å². The molecule has 0 heterocycles. The number of rotatable bonds is 5. The summed E-state index contributed by atoms with van der Waals surface area (Å²) in [4.78, 5) is 2.66. The molecule has 1 aromatic rings. The second-order valence-electron chi connectivity index (χ2n) is 2.97. The van der Waals surface area contributed by atoms with Crippen molar-refractivity contribution < 1.29 is 4.74 Å². The Labute approximate surface area is 83.1 Å². The van der Waals surface area contributed by atoms with Crippen molar-refractivity contribution in [2.75, 3.05) is 13.2 Å². The molecule has 0 radical (unpaired) electrons. The van der Waals surface area contributed by atoms with Gasteiger partial charge in [-0.05, 0) is 31.0 Å². The van der Waals surface area contributed by atoms with Gasteiger partial charge in [0.25, 0.3) is 0 Å². The zero-order valence-electron chi connectivity index (χ0n) is 8.18. The van der Waals surface area contributed by atoms with E-state index in [1.54, 1.807) is 0 Å². The normalized spacial score (nSPS) is 9.21. The molecule has 4 nitrogen and oxygen atoms in total. The zero-order valence-corrected chi connectivity index (χ0v) is 8.18. The van der Waals surface area contributed by atoms with Gasteiger partial charge < -0.3 is 4.74 Å². The monoisotopic (exact) mass is 191 g/mol. The number of ether oxygens (including phenoxy) is 1. The number of nitrogens with zero attached hydrogens (tertiary/aromatic N) is 3. The van der Waals surface area contributed by atoms with Crippen molar-refractivity contribution in [3.63, 3.8) is 0 Å². The lowest BCUT2D eigenvalue weighted by atomic mass is 10.2. The summed E-state index contributed by atoms with van der Waals surface area (Å²) in [6, 6.07) is 7.87. The van der Waals surface area contributed by atoms with Crippen LogP contribution in [0, 0.1) is 6.92 Å². The van der Waals surface area contributed by atoms with E-state index in [1.165, 1.54) is 5.56 Å². The highest BCUT2D eigenvalue weighted by Crippen LogP contribution is 2.11. The van der Waals surface area contributed by atoms with Gasteiger partial charge in [-0.2, -0.15) is 0 Å². The van der Waals surface area contributed by atoms with Crippen molar-refractivity contribution in [1.29, 1.82) is 0 Å². The van der Waals surface area contributed by atoms with Gasteiger partial charge >= 0.3 is 0 Å². The Morgan fingerprint density at radius 1 is 1.36 bits per heavy atom. The predicted octanol–water partition coefficient (Wildman–Crippen LogP) is 3.07. The molecule has 74 valence electrons. The summed E-state index contributed by atoms with van der Waals surface area (Å²) in [5.41, 5.74) is 9.24. The molecule has 0 saturated heterocycles. The van der Waals surface area contributed by atoms with Crippen LogP contribution >= 0.6 is 0 Å². The first-order valence-corrected chi connectivity index (χ1v) is 4.53. The van der Waals surface area contributed by atoms with Gasteiger partial charge in [-0.25, -0.2) is 0 Å². The van der Waals surface area contributed by atoms with Gasteiger partial charge in [-0.3, -0.25) is 0 Å². The molecule has 0 atom stereocenters. The van der Waals surface area contributed by atoms with E-state index in [0.717, 1.165) is 12.2 Å². The van der Waals surface area contributed by atoms with Crippen molar-refractivity contribution in [2.45, 2.75) is 13.3 Å². The maximum atomic E-state index is 8.03. The highest BCUT2D eigenvalue weighted by atomic mass is 16.5. The van der Waals surface area contributed by atoms with Crippen LogP contribution in [0.1, 0.15) is 12.0 Å². The smallest absolute Gasteiger partial charge is 0.119 e. The Morgan fingerprint density at radius 2 is 2.07 bits per heavy atom. The van der Waals surface area contributed by atoms with Gasteiger partial charge in [0, 0.05) is 11.5 Å². The van der Waals surface area contributed by atoms with Crippen LogP contribution in [0.15, 0.2) is 29.4 Å². The Morgan fingerprint density at radius 3 is 2.71 bits per heavy atom. The van der Waals surface area contributed by atoms with Gasteiger partial charge in [0.05, 0.1) is 6.61 Å². The van der Waals surface area contributed by atoms with E-state index in [2.05, 4.69) is 10.0 Å². The van der Waals surface area contributed by atoms with Gasteiger partial charge in [0.2, 0.25) is 0 Å². The molecule has 4 heteroatoms. The molecule has 1 rings (SSSR count). The van der Waals surface area contributed by atoms with Crippen molar-refractivity contribution in [1.82, 2.24) is 0 Å². The summed E-state index contributed by atoms with van der Waals surface area (Å²) in [6.07, 6.45) is 0.748. The van der Waals surface area contributed by atoms with E-state index in [0.29, 0.717) is 13.2 Å². The topological polar surface area (TPSA) is 58.0 Å². The maximum absolute atomic E-state index is 8.03.